The minimum Gasteiger partial charge on any atom is -0.481 e. The Labute approximate surface area is 176 Å². The van der Waals surface area contributed by atoms with Crippen molar-refractivity contribution in [2.24, 2.45) is 11.5 Å². The number of amides is 1. The van der Waals surface area contributed by atoms with Crippen molar-refractivity contribution < 1.29 is 43.7 Å². The van der Waals surface area contributed by atoms with Gasteiger partial charge in [0.15, 0.2) is 12.1 Å². The van der Waals surface area contributed by atoms with Crippen LogP contribution < -0.4 is 11.5 Å². The van der Waals surface area contributed by atoms with Crippen molar-refractivity contribution in [3.8, 4) is 0 Å². The first-order valence-electron chi connectivity index (χ1n) is 8.86. The predicted molar refractivity (Wildman–Crippen MR) is 109 cm³/mol. The predicted octanol–water partition coefficient (Wildman–Crippen LogP) is -1.20. The second kappa shape index (κ2) is 15.9. The SMILES string of the molecule is CC(N)=O.CCC(OC(CC(=O)O)C[N+](C)(C)C)C(=O)O.CN(CC(=O)O)C(=N)N. The van der Waals surface area contributed by atoms with Gasteiger partial charge in [-0.1, -0.05) is 6.92 Å². The quantitative estimate of drug-likeness (QED) is 0.136. The largest absolute Gasteiger partial charge is 0.481 e. The number of nitrogens with two attached hydrogens (primary N) is 2. The molecule has 0 spiro atoms. The monoisotopic (exact) mass is 438 g/mol. The van der Waals surface area contributed by atoms with Crippen molar-refractivity contribution in [3.05, 3.63) is 0 Å². The molecule has 8 N–H and O–H groups in total. The van der Waals surface area contributed by atoms with Gasteiger partial charge in [0.05, 0.1) is 27.6 Å². The van der Waals surface area contributed by atoms with E-state index in [9.17, 15) is 19.2 Å². The maximum Gasteiger partial charge on any atom is 0.332 e. The van der Waals surface area contributed by atoms with E-state index in [0.29, 0.717) is 17.4 Å². The molecule has 0 rings (SSSR count). The van der Waals surface area contributed by atoms with E-state index in [1.165, 1.54) is 14.0 Å². The number of likely N-dealkylation sites (N-methyl/N-ethyl adjacent to an activating group) is 2. The fourth-order valence-corrected chi connectivity index (χ4v) is 1.81. The van der Waals surface area contributed by atoms with E-state index >= 15 is 0 Å². The number of guanidine groups is 1. The van der Waals surface area contributed by atoms with E-state index in [2.05, 4.69) is 5.73 Å². The number of carbonyl (C=O) groups excluding carboxylic acids is 1. The molecule has 0 aliphatic heterocycles. The van der Waals surface area contributed by atoms with Gasteiger partial charge in [-0.25, -0.2) is 4.79 Å². The topological polar surface area (TPSA) is 217 Å². The zero-order valence-electron chi connectivity index (χ0n) is 18.4. The fourth-order valence-electron chi connectivity index (χ4n) is 1.81. The summed E-state index contributed by atoms with van der Waals surface area (Å²) in [6.07, 6.45) is -1.39. The second-order valence-electron chi connectivity index (χ2n) is 7.31. The molecule has 0 aromatic carbocycles. The summed E-state index contributed by atoms with van der Waals surface area (Å²) >= 11 is 0. The number of primary amides is 1. The molecule has 0 saturated carbocycles. The second-order valence-corrected chi connectivity index (χ2v) is 7.31. The highest BCUT2D eigenvalue weighted by Crippen LogP contribution is 2.10. The van der Waals surface area contributed by atoms with Crippen LogP contribution in [0.25, 0.3) is 0 Å². The van der Waals surface area contributed by atoms with Crippen LogP contribution in [0.1, 0.15) is 26.7 Å². The third-order valence-corrected chi connectivity index (χ3v) is 2.94. The van der Waals surface area contributed by atoms with Gasteiger partial charge < -0.3 is 40.9 Å². The van der Waals surface area contributed by atoms with Crippen LogP contribution in [-0.4, -0.2) is 108 Å². The Kier molecular flexibility index (Phi) is 16.9. The van der Waals surface area contributed by atoms with E-state index in [-0.39, 0.29) is 24.8 Å². The molecule has 30 heavy (non-hydrogen) atoms. The minimum atomic E-state index is -1.05. The first-order valence-corrected chi connectivity index (χ1v) is 8.86. The molecule has 2 unspecified atom stereocenters. The third kappa shape index (κ3) is 25.1. The molecule has 176 valence electrons. The van der Waals surface area contributed by atoms with Crippen molar-refractivity contribution in [1.29, 1.82) is 5.41 Å². The summed E-state index contributed by atoms with van der Waals surface area (Å²) in [5.41, 5.74) is 9.40. The lowest BCUT2D eigenvalue weighted by atomic mass is 10.2. The van der Waals surface area contributed by atoms with Crippen molar-refractivity contribution in [3.63, 3.8) is 0 Å². The molecule has 0 bridgehead atoms. The smallest absolute Gasteiger partial charge is 0.332 e. The minimum absolute atomic E-state index is 0.181. The van der Waals surface area contributed by atoms with Crippen molar-refractivity contribution in [2.45, 2.75) is 38.9 Å². The summed E-state index contributed by atoms with van der Waals surface area (Å²) in [4.78, 5) is 41.8. The molecule has 0 aromatic rings. The molecule has 0 saturated heterocycles. The highest BCUT2D eigenvalue weighted by Gasteiger charge is 2.27. The molecule has 1 amide bonds. The number of aliphatic carboxylic acids is 3. The van der Waals surface area contributed by atoms with Crippen LogP contribution in [0, 0.1) is 5.41 Å². The van der Waals surface area contributed by atoms with Gasteiger partial charge in [0.1, 0.15) is 19.2 Å². The number of nitrogens with zero attached hydrogens (tertiary/aromatic N) is 2. The maximum atomic E-state index is 10.8. The summed E-state index contributed by atoms with van der Waals surface area (Å²) in [6, 6.07) is 0. The Morgan fingerprint density at radius 1 is 1.07 bits per heavy atom. The zero-order chi connectivity index (χ0) is 24.7. The standard InChI is InChI=1S/C11H21NO5.C4H9N3O2.C2H5NO/c1-5-9(11(15)16)17-8(6-10(13)14)7-12(2,3)4;1-7(4(5)6)2-3(8)9;1-2(3)4/h8-9H,5-7H2,1-4H3,(H-,13,14,15,16);2H2,1H3,(H3,5,6)(H,8,9);1H3,(H2,3,4)/p+1. The van der Waals surface area contributed by atoms with Crippen LogP contribution in [0.2, 0.25) is 0 Å². The van der Waals surface area contributed by atoms with Crippen LogP contribution >= 0.6 is 0 Å². The molecular weight excluding hydrogens is 402 g/mol. The number of nitrogens with one attached hydrogen (secondary N) is 1. The Morgan fingerprint density at radius 2 is 1.50 bits per heavy atom. The Balaban J connectivity index is -0.000000466. The van der Waals surface area contributed by atoms with E-state index in [1.54, 1.807) is 6.92 Å². The van der Waals surface area contributed by atoms with Gasteiger partial charge in [0, 0.05) is 14.0 Å². The lowest BCUT2D eigenvalue weighted by molar-refractivity contribution is -0.873. The van der Waals surface area contributed by atoms with Crippen molar-refractivity contribution >= 4 is 29.8 Å². The van der Waals surface area contributed by atoms with Crippen LogP contribution in [0.15, 0.2) is 0 Å². The first-order chi connectivity index (χ1) is 13.4. The van der Waals surface area contributed by atoms with Gasteiger partial charge in [-0.15, -0.1) is 0 Å². The zero-order valence-corrected chi connectivity index (χ0v) is 18.4. The average Bonchev–Trinajstić information content (AvgIpc) is 2.49. The van der Waals surface area contributed by atoms with Crippen LogP contribution in [0.3, 0.4) is 0 Å². The number of quaternary nitrogens is 1. The molecule has 2 atom stereocenters. The number of hydrogen-bond donors (Lipinski definition) is 6. The molecule has 0 radical (unpaired) electrons. The lowest BCUT2D eigenvalue weighted by Gasteiger charge is -2.29. The Bertz CT molecular complexity index is 573. The number of carbonyl (C=O) groups is 4. The van der Waals surface area contributed by atoms with Gasteiger partial charge in [-0.2, -0.15) is 0 Å². The van der Waals surface area contributed by atoms with E-state index < -0.39 is 30.1 Å². The average molecular weight is 439 g/mol. The van der Waals surface area contributed by atoms with Gasteiger partial charge in [0.2, 0.25) is 5.91 Å². The Morgan fingerprint density at radius 3 is 1.70 bits per heavy atom. The summed E-state index contributed by atoms with van der Waals surface area (Å²) < 4.78 is 5.87. The van der Waals surface area contributed by atoms with Gasteiger partial charge in [-0.05, 0) is 6.42 Å². The van der Waals surface area contributed by atoms with Crippen LogP contribution in [0.4, 0.5) is 0 Å². The molecule has 0 aromatic heterocycles. The van der Waals surface area contributed by atoms with Crippen molar-refractivity contribution in [1.82, 2.24) is 4.90 Å². The third-order valence-electron chi connectivity index (χ3n) is 2.94. The van der Waals surface area contributed by atoms with Gasteiger partial charge in [-0.3, -0.25) is 19.8 Å². The molecule has 0 aliphatic rings. The first kappa shape index (κ1) is 31.8. The molecular formula is C17H36N5O8+. The fraction of sp³-hybridized carbons (Fsp3) is 0.706. The van der Waals surface area contributed by atoms with Crippen molar-refractivity contribution in [2.75, 3.05) is 41.3 Å². The number of hydrogen-bond acceptors (Lipinski definition) is 6. The number of rotatable bonds is 10. The number of carboxylic acid groups (broad SMARTS) is 3. The summed E-state index contributed by atoms with van der Waals surface area (Å²) in [5, 5.41) is 32.5. The number of carboxylic acids is 3. The molecule has 0 aliphatic carbocycles. The van der Waals surface area contributed by atoms with E-state index in [4.69, 9.17) is 31.2 Å². The summed E-state index contributed by atoms with van der Waals surface area (Å²) in [7, 11) is 7.15. The summed E-state index contributed by atoms with van der Waals surface area (Å²) in [5.74, 6) is -3.60. The number of ether oxygens (including phenoxy) is 1. The van der Waals surface area contributed by atoms with Gasteiger partial charge in [0.25, 0.3) is 0 Å². The van der Waals surface area contributed by atoms with Gasteiger partial charge >= 0.3 is 17.9 Å². The summed E-state index contributed by atoms with van der Waals surface area (Å²) in [6.45, 7) is 3.23. The molecule has 0 heterocycles. The maximum absolute atomic E-state index is 10.8. The van der Waals surface area contributed by atoms with Crippen LogP contribution in [0.5, 0.6) is 0 Å². The molecule has 13 nitrogen and oxygen atoms in total. The highest BCUT2D eigenvalue weighted by molar-refractivity contribution is 5.80. The Hall–Kier alpha value is -2.93. The molecule has 0 fully saturated rings. The molecule has 13 heteroatoms. The lowest BCUT2D eigenvalue weighted by Crippen LogP contribution is -2.45. The van der Waals surface area contributed by atoms with Crippen LogP contribution in [-0.2, 0) is 23.9 Å². The normalized spacial score (nSPS) is 12.1. The highest BCUT2D eigenvalue weighted by atomic mass is 16.5. The van der Waals surface area contributed by atoms with E-state index in [1.807, 2.05) is 21.1 Å². The van der Waals surface area contributed by atoms with E-state index in [0.717, 1.165) is 4.90 Å².